The number of benzene rings is 1. The van der Waals surface area contributed by atoms with Gasteiger partial charge in [0.2, 0.25) is 0 Å². The number of hydrogen-bond acceptors (Lipinski definition) is 5. The van der Waals surface area contributed by atoms with Crippen molar-refractivity contribution in [1.82, 2.24) is 24.8 Å². The SMILES string of the molecule is Cc1cccc(CN(C)C(=O)c2cc(-c3cnc(C)nc3)nc3cc(F)ccc23)n1. The molecule has 0 spiro atoms. The van der Waals surface area contributed by atoms with Crippen LogP contribution in [-0.4, -0.2) is 37.8 Å². The van der Waals surface area contributed by atoms with Crippen LogP contribution in [0.4, 0.5) is 4.39 Å². The molecule has 0 fully saturated rings. The molecule has 0 unspecified atom stereocenters. The lowest BCUT2D eigenvalue weighted by Gasteiger charge is -2.19. The Hall–Kier alpha value is -3.74. The Morgan fingerprint density at radius 1 is 1.03 bits per heavy atom. The van der Waals surface area contributed by atoms with Gasteiger partial charge in [-0.05, 0) is 44.2 Å². The van der Waals surface area contributed by atoms with E-state index < -0.39 is 5.82 Å². The van der Waals surface area contributed by atoms with Crippen LogP contribution in [0.25, 0.3) is 22.2 Å². The topological polar surface area (TPSA) is 71.9 Å². The highest BCUT2D eigenvalue weighted by atomic mass is 19.1. The van der Waals surface area contributed by atoms with Gasteiger partial charge in [0.15, 0.2) is 0 Å². The number of amides is 1. The molecule has 150 valence electrons. The van der Waals surface area contributed by atoms with Crippen molar-refractivity contribution in [2.45, 2.75) is 20.4 Å². The lowest BCUT2D eigenvalue weighted by Crippen LogP contribution is -2.27. The number of pyridine rings is 2. The summed E-state index contributed by atoms with van der Waals surface area (Å²) in [5.41, 5.74) is 3.69. The summed E-state index contributed by atoms with van der Waals surface area (Å²) in [6, 6.07) is 11.6. The second-order valence-corrected chi connectivity index (χ2v) is 7.17. The van der Waals surface area contributed by atoms with Crippen LogP contribution < -0.4 is 0 Å². The van der Waals surface area contributed by atoms with Crippen LogP contribution in [0, 0.1) is 19.7 Å². The van der Waals surface area contributed by atoms with Gasteiger partial charge >= 0.3 is 0 Å². The zero-order valence-corrected chi connectivity index (χ0v) is 16.9. The van der Waals surface area contributed by atoms with Crippen molar-refractivity contribution in [2.75, 3.05) is 7.05 Å². The van der Waals surface area contributed by atoms with Crippen molar-refractivity contribution in [2.24, 2.45) is 0 Å². The first-order valence-electron chi connectivity index (χ1n) is 9.48. The standard InChI is InChI=1S/C23H20FN5O/c1-14-5-4-6-18(27-14)13-29(3)23(30)20-10-21(16-11-25-15(2)26-12-16)28-22-9-17(24)7-8-19(20)22/h4-12H,13H2,1-3H3. The van der Waals surface area contributed by atoms with E-state index in [1.807, 2.05) is 25.1 Å². The van der Waals surface area contributed by atoms with Gasteiger partial charge in [0, 0.05) is 42.2 Å². The third-order valence-corrected chi connectivity index (χ3v) is 4.77. The Morgan fingerprint density at radius 3 is 2.53 bits per heavy atom. The highest BCUT2D eigenvalue weighted by Crippen LogP contribution is 2.26. The number of fused-ring (bicyclic) bond motifs is 1. The maximum Gasteiger partial charge on any atom is 0.254 e. The number of aryl methyl sites for hydroxylation is 2. The van der Waals surface area contributed by atoms with Crippen molar-refractivity contribution in [3.05, 3.63) is 83.5 Å². The predicted molar refractivity (Wildman–Crippen MR) is 112 cm³/mol. The van der Waals surface area contributed by atoms with Gasteiger partial charge in [0.1, 0.15) is 11.6 Å². The molecule has 30 heavy (non-hydrogen) atoms. The molecular weight excluding hydrogens is 381 g/mol. The smallest absolute Gasteiger partial charge is 0.254 e. The molecule has 0 saturated carbocycles. The van der Waals surface area contributed by atoms with E-state index in [2.05, 4.69) is 19.9 Å². The zero-order valence-electron chi connectivity index (χ0n) is 16.9. The van der Waals surface area contributed by atoms with Gasteiger partial charge in [0.25, 0.3) is 5.91 Å². The lowest BCUT2D eigenvalue weighted by molar-refractivity contribution is 0.0785. The van der Waals surface area contributed by atoms with Crippen LogP contribution in [0.15, 0.2) is 54.9 Å². The van der Waals surface area contributed by atoms with Crippen LogP contribution in [0.3, 0.4) is 0 Å². The number of hydrogen-bond donors (Lipinski definition) is 0. The van der Waals surface area contributed by atoms with E-state index in [0.29, 0.717) is 40.1 Å². The molecule has 0 N–H and O–H groups in total. The molecule has 0 bridgehead atoms. The van der Waals surface area contributed by atoms with Crippen molar-refractivity contribution < 1.29 is 9.18 Å². The minimum atomic E-state index is -0.414. The fraction of sp³-hybridized carbons (Fsp3) is 0.174. The van der Waals surface area contributed by atoms with Crippen molar-refractivity contribution >= 4 is 16.8 Å². The Kier molecular flexibility index (Phi) is 5.18. The Labute approximate surface area is 173 Å². The van der Waals surface area contributed by atoms with E-state index in [-0.39, 0.29) is 5.91 Å². The summed E-state index contributed by atoms with van der Waals surface area (Å²) < 4.78 is 13.9. The van der Waals surface area contributed by atoms with Crippen molar-refractivity contribution in [3.8, 4) is 11.3 Å². The van der Waals surface area contributed by atoms with Gasteiger partial charge < -0.3 is 4.90 Å². The number of rotatable bonds is 4. The summed E-state index contributed by atoms with van der Waals surface area (Å²) in [5, 5.41) is 0.585. The molecule has 0 atom stereocenters. The molecule has 0 aliphatic heterocycles. The molecule has 0 aliphatic rings. The molecule has 0 saturated heterocycles. The highest BCUT2D eigenvalue weighted by Gasteiger charge is 2.19. The molecule has 6 nitrogen and oxygen atoms in total. The van der Waals surface area contributed by atoms with Gasteiger partial charge in [0.05, 0.1) is 29.0 Å². The Morgan fingerprint density at radius 2 is 1.80 bits per heavy atom. The van der Waals surface area contributed by atoms with E-state index in [1.54, 1.807) is 43.4 Å². The summed E-state index contributed by atoms with van der Waals surface area (Å²) in [4.78, 5) is 32.3. The van der Waals surface area contributed by atoms with Crippen LogP contribution in [-0.2, 0) is 6.54 Å². The van der Waals surface area contributed by atoms with E-state index in [9.17, 15) is 9.18 Å². The maximum absolute atomic E-state index is 13.9. The average Bonchev–Trinajstić information content (AvgIpc) is 2.72. The number of halogens is 1. The first-order valence-corrected chi connectivity index (χ1v) is 9.48. The quantitative estimate of drug-likeness (QED) is 0.514. The van der Waals surface area contributed by atoms with E-state index in [0.717, 1.165) is 11.4 Å². The normalized spacial score (nSPS) is 10.9. The minimum absolute atomic E-state index is 0.202. The first-order chi connectivity index (χ1) is 14.4. The zero-order chi connectivity index (χ0) is 21.3. The van der Waals surface area contributed by atoms with Gasteiger partial charge in [-0.3, -0.25) is 9.78 Å². The average molecular weight is 401 g/mol. The van der Waals surface area contributed by atoms with E-state index in [4.69, 9.17) is 0 Å². The monoisotopic (exact) mass is 401 g/mol. The van der Waals surface area contributed by atoms with Crippen LogP contribution in [0.5, 0.6) is 0 Å². The number of nitrogens with zero attached hydrogens (tertiary/aromatic N) is 5. The molecule has 3 aromatic heterocycles. The largest absolute Gasteiger partial charge is 0.336 e. The number of carbonyl (C=O) groups excluding carboxylic acids is 1. The van der Waals surface area contributed by atoms with Crippen molar-refractivity contribution in [1.29, 1.82) is 0 Å². The molecule has 1 aromatic carbocycles. The Balaban J connectivity index is 1.77. The molecule has 4 aromatic rings. The summed E-state index contributed by atoms with van der Waals surface area (Å²) in [5.74, 6) is 0.0156. The van der Waals surface area contributed by atoms with Crippen LogP contribution in [0.1, 0.15) is 27.6 Å². The molecule has 4 rings (SSSR count). The number of carbonyl (C=O) groups is 1. The summed E-state index contributed by atoms with van der Waals surface area (Å²) in [7, 11) is 1.72. The van der Waals surface area contributed by atoms with Crippen molar-refractivity contribution in [3.63, 3.8) is 0 Å². The van der Waals surface area contributed by atoms with E-state index in [1.165, 1.54) is 12.1 Å². The second-order valence-electron chi connectivity index (χ2n) is 7.17. The molecular formula is C23H20FN5O. The fourth-order valence-electron chi connectivity index (χ4n) is 3.26. The van der Waals surface area contributed by atoms with Gasteiger partial charge in [-0.15, -0.1) is 0 Å². The molecule has 7 heteroatoms. The molecule has 0 radical (unpaired) electrons. The van der Waals surface area contributed by atoms with Crippen LogP contribution >= 0.6 is 0 Å². The van der Waals surface area contributed by atoms with Gasteiger partial charge in [-0.25, -0.2) is 19.3 Å². The summed E-state index contributed by atoms with van der Waals surface area (Å²) in [6.07, 6.45) is 3.29. The fourth-order valence-corrected chi connectivity index (χ4v) is 3.26. The predicted octanol–water partition coefficient (Wildman–Crippen LogP) is 4.11. The van der Waals surface area contributed by atoms with Crippen LogP contribution in [0.2, 0.25) is 0 Å². The summed E-state index contributed by atoms with van der Waals surface area (Å²) >= 11 is 0. The van der Waals surface area contributed by atoms with Gasteiger partial charge in [-0.1, -0.05) is 6.07 Å². The third-order valence-electron chi connectivity index (χ3n) is 4.77. The van der Waals surface area contributed by atoms with E-state index >= 15 is 0 Å². The molecule has 0 aliphatic carbocycles. The minimum Gasteiger partial charge on any atom is -0.336 e. The second kappa shape index (κ2) is 7.94. The molecule has 1 amide bonds. The maximum atomic E-state index is 13.9. The first kappa shape index (κ1) is 19.6. The highest BCUT2D eigenvalue weighted by molar-refractivity contribution is 6.07. The number of aromatic nitrogens is 4. The summed E-state index contributed by atoms with van der Waals surface area (Å²) in [6.45, 7) is 4.05. The third kappa shape index (κ3) is 4.00. The van der Waals surface area contributed by atoms with Gasteiger partial charge in [-0.2, -0.15) is 0 Å². The lowest BCUT2D eigenvalue weighted by atomic mass is 10.0. The Bertz CT molecular complexity index is 1240. The molecule has 3 heterocycles.